The zero-order chi connectivity index (χ0) is 30.6. The van der Waals surface area contributed by atoms with E-state index in [0.29, 0.717) is 0 Å². The first kappa shape index (κ1) is 35.0. The van der Waals surface area contributed by atoms with E-state index in [2.05, 4.69) is 12.5 Å². The third-order valence-electron chi connectivity index (χ3n) is 5.52. The first-order chi connectivity index (χ1) is 18.4. The predicted octanol–water partition coefficient (Wildman–Crippen LogP) is -3.21. The van der Waals surface area contributed by atoms with E-state index in [1.54, 1.807) is 0 Å². The van der Waals surface area contributed by atoms with Gasteiger partial charge in [0, 0.05) is 28.4 Å². The number of hydrogen-bond donors (Lipinski definition) is 4. The Morgan fingerprint density at radius 2 is 1.18 bits per heavy atom. The molecule has 0 aliphatic carbocycles. The molecular weight excluding hydrogens is 624 g/mol. The second kappa shape index (κ2) is 13.8. The Morgan fingerprint density at radius 1 is 0.650 bits per heavy atom. The molecule has 4 N–H and O–H groups in total. The lowest BCUT2D eigenvalue weighted by atomic mass is 9.96. The van der Waals surface area contributed by atoms with Crippen molar-refractivity contribution in [3.63, 3.8) is 0 Å². The first-order valence-electron chi connectivity index (χ1n) is 10.6. The number of aliphatic carboxylic acids is 1. The van der Waals surface area contributed by atoms with Gasteiger partial charge in [0.05, 0.1) is 6.61 Å². The van der Waals surface area contributed by atoms with Crippen LogP contribution in [0.25, 0.3) is 0 Å². The Morgan fingerprint density at radius 3 is 1.60 bits per heavy atom. The monoisotopic (exact) mass is 652 g/mol. The van der Waals surface area contributed by atoms with Crippen LogP contribution < -0.4 is 0 Å². The van der Waals surface area contributed by atoms with Gasteiger partial charge in [0.1, 0.15) is 36.6 Å². The highest BCUT2D eigenvalue weighted by molar-refractivity contribution is 7.81. The fourth-order valence-electron chi connectivity index (χ4n) is 4.06. The normalized spacial score (nSPS) is 35.9. The molecule has 236 valence electrons. The summed E-state index contributed by atoms with van der Waals surface area (Å²) in [6.07, 6.45) is -18.4. The van der Waals surface area contributed by atoms with Crippen LogP contribution in [0.4, 0.5) is 0 Å². The summed E-state index contributed by atoms with van der Waals surface area (Å²) in [5.41, 5.74) is 0. The van der Waals surface area contributed by atoms with Gasteiger partial charge in [-0.1, -0.05) is 0 Å². The minimum Gasteiger partial charge on any atom is -0.479 e. The van der Waals surface area contributed by atoms with Crippen LogP contribution in [-0.2, 0) is 81.7 Å². The average molecular weight is 653 g/mol. The van der Waals surface area contributed by atoms with Crippen molar-refractivity contribution in [2.75, 3.05) is 35.0 Å². The van der Waals surface area contributed by atoms with Gasteiger partial charge >= 0.3 is 37.2 Å². The van der Waals surface area contributed by atoms with Crippen LogP contribution in [0.3, 0.4) is 0 Å². The predicted molar refractivity (Wildman–Crippen MR) is 120 cm³/mol. The summed E-state index contributed by atoms with van der Waals surface area (Å²) in [4.78, 5) is 11.9. The minimum atomic E-state index is -5.52. The molecule has 0 amide bonds. The highest BCUT2D eigenvalue weighted by Gasteiger charge is 2.56. The summed E-state index contributed by atoms with van der Waals surface area (Å²) in [7, 11) is -11.9. The van der Waals surface area contributed by atoms with Gasteiger partial charge in [-0.05, 0) is 0 Å². The summed E-state index contributed by atoms with van der Waals surface area (Å²) in [6, 6.07) is 0. The molecule has 2 heterocycles. The molecule has 0 saturated carbocycles. The fourth-order valence-corrected chi connectivity index (χ4v) is 5.35. The van der Waals surface area contributed by atoms with Crippen molar-refractivity contribution < 1.29 is 94.5 Å². The Kier molecular flexibility index (Phi) is 12.1. The molecule has 2 aliphatic rings. The molecule has 0 aromatic carbocycles. The van der Waals surface area contributed by atoms with Gasteiger partial charge in [0.25, 0.3) is 0 Å². The van der Waals surface area contributed by atoms with E-state index < -0.39 is 105 Å². The highest BCUT2D eigenvalue weighted by atomic mass is 32.3. The maximum absolute atomic E-state index is 11.9. The van der Waals surface area contributed by atoms with Gasteiger partial charge in [0.2, 0.25) is 0 Å². The molecule has 0 unspecified atom stereocenters. The summed E-state index contributed by atoms with van der Waals surface area (Å²) in [5.74, 6) is -1.58. The molecule has 40 heavy (non-hydrogen) atoms. The molecule has 2 saturated heterocycles. The quantitative estimate of drug-likeness (QED) is 0.134. The number of rotatable bonds is 14. The van der Waals surface area contributed by atoms with Gasteiger partial charge in [-0.3, -0.25) is 13.7 Å². The lowest BCUT2D eigenvalue weighted by Gasteiger charge is -2.48. The maximum atomic E-state index is 11.9. The highest BCUT2D eigenvalue weighted by Crippen LogP contribution is 2.35. The van der Waals surface area contributed by atoms with Crippen molar-refractivity contribution >= 4 is 37.2 Å². The van der Waals surface area contributed by atoms with Crippen LogP contribution in [0.1, 0.15) is 0 Å². The lowest BCUT2D eigenvalue weighted by molar-refractivity contribution is -0.353. The van der Waals surface area contributed by atoms with Crippen LogP contribution >= 0.6 is 0 Å². The second-order valence-corrected chi connectivity index (χ2v) is 11.1. The Labute approximate surface area is 228 Å². The molecule has 0 spiro atoms. The summed E-state index contributed by atoms with van der Waals surface area (Å²) in [5, 5.41) is 9.64. The summed E-state index contributed by atoms with van der Waals surface area (Å²) in [6.45, 7) is -1.20. The third kappa shape index (κ3) is 9.41. The van der Waals surface area contributed by atoms with Gasteiger partial charge in [-0.25, -0.2) is 17.3 Å². The molecule has 0 radical (unpaired) electrons. The third-order valence-corrected chi connectivity index (χ3v) is 6.88. The van der Waals surface area contributed by atoms with Gasteiger partial charge in [-0.15, -0.1) is 0 Å². The Balaban J connectivity index is 2.64. The molecule has 0 bridgehead atoms. The van der Waals surface area contributed by atoms with E-state index in [0.717, 1.165) is 28.4 Å². The molecule has 24 heteroatoms. The van der Waals surface area contributed by atoms with E-state index in [1.165, 1.54) is 0 Å². The molecule has 0 aromatic heterocycles. The maximum Gasteiger partial charge on any atom is 0.397 e. The smallest absolute Gasteiger partial charge is 0.397 e. The standard InChI is InChI=1S/C16H28O21S3/c1-28-8-9(29-2)12(30-3)16(35-11(8)14(17)18)34-7-6(5-32-38(19,20)21)33-15(31-4)13(37-40(25,26)27)10(7)36-39(22,23)24/h6-13,15-16H,5H2,1-4H3,(H,17,18)(H,19,20,21)(H,22,23,24)(H,25,26,27)/t6-,7+,8+,9+,10+,11-,12-,13-,15+,16-/m1/s1. The number of carboxylic acid groups (broad SMARTS) is 1. The van der Waals surface area contributed by atoms with Crippen LogP contribution in [0, 0.1) is 0 Å². The van der Waals surface area contributed by atoms with Crippen LogP contribution in [0.2, 0.25) is 0 Å². The fraction of sp³-hybridized carbons (Fsp3) is 0.938. The number of carbonyl (C=O) groups is 1. The van der Waals surface area contributed by atoms with Crippen LogP contribution in [-0.4, -0.2) is 146 Å². The molecule has 2 rings (SSSR count). The molecule has 10 atom stereocenters. The number of ether oxygens (including phenoxy) is 7. The number of carboxylic acids is 1. The van der Waals surface area contributed by atoms with Crippen molar-refractivity contribution in [2.45, 2.75) is 61.4 Å². The second-order valence-electron chi connectivity index (χ2n) is 7.93. The van der Waals surface area contributed by atoms with E-state index in [-0.39, 0.29) is 0 Å². The zero-order valence-electron chi connectivity index (χ0n) is 20.9. The van der Waals surface area contributed by atoms with E-state index >= 15 is 0 Å². The SMILES string of the molecule is CO[C@H]1O[C@H](COS(=O)(=O)O)[C@H](O[C@@H]2O[C@@H](C(=O)O)[C@@H](OC)[C@H](OC)[C@H]2OC)[C@H](OS(=O)(=O)O)[C@H]1OS(=O)(=O)O. The molecule has 21 nitrogen and oxygen atoms in total. The minimum absolute atomic E-state index is 0.883. The van der Waals surface area contributed by atoms with Gasteiger partial charge < -0.3 is 38.3 Å². The van der Waals surface area contributed by atoms with Gasteiger partial charge in [0.15, 0.2) is 24.8 Å². The Hall–Kier alpha value is -1.20. The summed E-state index contributed by atoms with van der Waals surface area (Å²) < 4.78 is 147. The first-order valence-corrected chi connectivity index (χ1v) is 14.7. The van der Waals surface area contributed by atoms with Gasteiger partial charge in [-0.2, -0.15) is 25.3 Å². The number of methoxy groups -OCH3 is 4. The summed E-state index contributed by atoms with van der Waals surface area (Å²) >= 11 is 0. The lowest BCUT2D eigenvalue weighted by Crippen LogP contribution is -2.67. The average Bonchev–Trinajstić information content (AvgIpc) is 2.82. The van der Waals surface area contributed by atoms with Crippen molar-refractivity contribution in [2.24, 2.45) is 0 Å². The molecule has 0 aromatic rings. The van der Waals surface area contributed by atoms with E-state index in [9.17, 15) is 44.3 Å². The zero-order valence-corrected chi connectivity index (χ0v) is 23.4. The molecule has 2 aliphatic heterocycles. The van der Waals surface area contributed by atoms with Crippen molar-refractivity contribution in [3.8, 4) is 0 Å². The van der Waals surface area contributed by atoms with E-state index in [4.69, 9.17) is 37.7 Å². The van der Waals surface area contributed by atoms with Crippen molar-refractivity contribution in [3.05, 3.63) is 0 Å². The number of hydrogen-bond acceptors (Lipinski definition) is 17. The Bertz CT molecular complexity index is 1170. The molecular formula is C16H28O21S3. The van der Waals surface area contributed by atoms with E-state index in [1.807, 2.05) is 0 Å². The van der Waals surface area contributed by atoms with Crippen molar-refractivity contribution in [1.82, 2.24) is 0 Å². The van der Waals surface area contributed by atoms with Crippen LogP contribution in [0.5, 0.6) is 0 Å². The molecule has 2 fully saturated rings. The topological polar surface area (TPSA) is 293 Å². The largest absolute Gasteiger partial charge is 0.479 e. The van der Waals surface area contributed by atoms with Crippen LogP contribution in [0.15, 0.2) is 0 Å². The van der Waals surface area contributed by atoms with Crippen molar-refractivity contribution in [1.29, 1.82) is 0 Å².